The maximum Gasteiger partial charge on any atom is 0.258 e. The number of carbonyl (C=O) groups is 1. The van der Waals surface area contributed by atoms with Gasteiger partial charge < -0.3 is 9.88 Å². The second kappa shape index (κ2) is 9.77. The van der Waals surface area contributed by atoms with Crippen LogP contribution in [-0.2, 0) is 17.8 Å². The highest BCUT2D eigenvalue weighted by atomic mass is 35.5. The monoisotopic (exact) mass is 481 g/mol. The highest BCUT2D eigenvalue weighted by Crippen LogP contribution is 2.20. The van der Waals surface area contributed by atoms with Crippen molar-refractivity contribution in [2.24, 2.45) is 0 Å². The number of hydrogen-bond donors (Lipinski definition) is 1. The summed E-state index contributed by atoms with van der Waals surface area (Å²) in [5.41, 5.74) is 3.32. The predicted octanol–water partition coefficient (Wildman–Crippen LogP) is 4.50. The number of carbonyl (C=O) groups excluding carboxylic acids is 1. The van der Waals surface area contributed by atoms with Crippen molar-refractivity contribution in [3.05, 3.63) is 86.4 Å². The van der Waals surface area contributed by atoms with Crippen molar-refractivity contribution in [1.29, 1.82) is 0 Å². The number of aromatic nitrogens is 4. The number of H-pyrrole nitrogens is 1. The number of hydrogen-bond acceptors (Lipinski definition) is 4. The molecular formula is C25H25ClFN5O2. The molecule has 0 unspecified atom stereocenters. The summed E-state index contributed by atoms with van der Waals surface area (Å²) in [6.07, 6.45) is 0.907. The van der Waals surface area contributed by atoms with Crippen LogP contribution >= 0.6 is 11.6 Å². The number of nitrogens with zero attached hydrogens (tertiary/aromatic N) is 4. The van der Waals surface area contributed by atoms with Gasteiger partial charge in [0.1, 0.15) is 11.6 Å². The van der Waals surface area contributed by atoms with Crippen LogP contribution in [0.3, 0.4) is 0 Å². The van der Waals surface area contributed by atoms with Crippen molar-refractivity contribution in [1.82, 2.24) is 24.6 Å². The van der Waals surface area contributed by atoms with E-state index in [-0.39, 0.29) is 30.2 Å². The maximum absolute atomic E-state index is 13.3. The largest absolute Gasteiger partial charge is 0.335 e. The normalized spacial score (nSPS) is 11.2. The first-order valence-corrected chi connectivity index (χ1v) is 11.4. The van der Waals surface area contributed by atoms with E-state index < -0.39 is 0 Å². The Bertz CT molecular complexity index is 1410. The second-order valence-corrected chi connectivity index (χ2v) is 8.64. The number of rotatable bonds is 7. The van der Waals surface area contributed by atoms with Crippen molar-refractivity contribution in [3.8, 4) is 5.69 Å². The summed E-state index contributed by atoms with van der Waals surface area (Å²) in [5, 5.41) is 5.49. The standard InChI is InChI=1S/C25H25ClFN5O2/c1-4-11-31(14-23-28-22-12-17(26)5-10-20(22)25(34)29-23)24(33)13-21-15(2)30-32(16(21)3)19-8-6-18(27)7-9-19/h5-10,12H,4,11,13-14H2,1-3H3,(H,28,29,34). The van der Waals surface area contributed by atoms with Crippen molar-refractivity contribution in [2.45, 2.75) is 40.2 Å². The van der Waals surface area contributed by atoms with E-state index >= 15 is 0 Å². The van der Waals surface area contributed by atoms with Crippen LogP contribution in [0.15, 0.2) is 47.3 Å². The Morgan fingerprint density at radius 3 is 2.62 bits per heavy atom. The molecule has 9 heteroatoms. The Balaban J connectivity index is 1.59. The van der Waals surface area contributed by atoms with Crippen molar-refractivity contribution in [2.75, 3.05) is 6.54 Å². The molecule has 4 aromatic rings. The lowest BCUT2D eigenvalue weighted by atomic mass is 10.1. The number of benzene rings is 2. The summed E-state index contributed by atoms with van der Waals surface area (Å²) in [6.45, 7) is 6.42. The van der Waals surface area contributed by atoms with E-state index in [4.69, 9.17) is 11.6 Å². The molecule has 2 aromatic carbocycles. The number of fused-ring (bicyclic) bond motifs is 1. The summed E-state index contributed by atoms with van der Waals surface area (Å²) in [7, 11) is 0. The van der Waals surface area contributed by atoms with E-state index in [0.717, 1.165) is 29.1 Å². The summed E-state index contributed by atoms with van der Waals surface area (Å²) >= 11 is 6.06. The summed E-state index contributed by atoms with van der Waals surface area (Å²) in [4.78, 5) is 34.8. The van der Waals surface area contributed by atoms with Gasteiger partial charge in [-0.15, -0.1) is 0 Å². The van der Waals surface area contributed by atoms with E-state index in [1.807, 2.05) is 20.8 Å². The Morgan fingerprint density at radius 2 is 1.91 bits per heavy atom. The minimum atomic E-state index is -0.321. The first kappa shape index (κ1) is 23.6. The Labute approximate surface area is 201 Å². The predicted molar refractivity (Wildman–Crippen MR) is 130 cm³/mol. The number of halogens is 2. The fraction of sp³-hybridized carbons (Fsp3) is 0.280. The molecule has 2 heterocycles. The molecule has 1 amide bonds. The van der Waals surface area contributed by atoms with Crippen LogP contribution in [0.1, 0.15) is 36.1 Å². The quantitative estimate of drug-likeness (QED) is 0.421. The van der Waals surface area contributed by atoms with Gasteiger partial charge in [-0.2, -0.15) is 5.10 Å². The average Bonchev–Trinajstić information content (AvgIpc) is 3.07. The van der Waals surface area contributed by atoms with Gasteiger partial charge in [0.25, 0.3) is 5.56 Å². The molecule has 0 saturated heterocycles. The molecule has 0 bridgehead atoms. The van der Waals surface area contributed by atoms with E-state index in [0.29, 0.717) is 28.3 Å². The van der Waals surface area contributed by atoms with E-state index in [2.05, 4.69) is 15.1 Å². The van der Waals surface area contributed by atoms with Crippen LogP contribution in [0.25, 0.3) is 16.6 Å². The van der Waals surface area contributed by atoms with Gasteiger partial charge in [0.2, 0.25) is 5.91 Å². The molecule has 34 heavy (non-hydrogen) atoms. The Kier molecular flexibility index (Phi) is 6.79. The first-order chi connectivity index (χ1) is 16.3. The van der Waals surface area contributed by atoms with Crippen LogP contribution in [-0.4, -0.2) is 37.1 Å². The topological polar surface area (TPSA) is 83.9 Å². The lowest BCUT2D eigenvalue weighted by molar-refractivity contribution is -0.131. The zero-order chi connectivity index (χ0) is 24.4. The molecule has 0 fully saturated rings. The summed E-state index contributed by atoms with van der Waals surface area (Å²) in [6, 6.07) is 11.0. The minimum absolute atomic E-state index is 0.0967. The van der Waals surface area contributed by atoms with Crippen LogP contribution in [0.5, 0.6) is 0 Å². The molecule has 0 aliphatic heterocycles. The number of aryl methyl sites for hydroxylation is 1. The molecule has 0 aliphatic carbocycles. The van der Waals surface area contributed by atoms with Gasteiger partial charge >= 0.3 is 0 Å². The molecule has 4 rings (SSSR count). The van der Waals surface area contributed by atoms with Gasteiger partial charge in [-0.05, 0) is 62.7 Å². The van der Waals surface area contributed by atoms with Crippen molar-refractivity contribution in [3.63, 3.8) is 0 Å². The van der Waals surface area contributed by atoms with Crippen LogP contribution in [0.2, 0.25) is 5.02 Å². The SMILES string of the molecule is CCCN(Cc1nc2cc(Cl)ccc2c(=O)[nH]1)C(=O)Cc1c(C)nn(-c2ccc(F)cc2)c1C. The third-order valence-electron chi connectivity index (χ3n) is 5.74. The van der Waals surface area contributed by atoms with Crippen LogP contribution in [0.4, 0.5) is 4.39 Å². The lowest BCUT2D eigenvalue weighted by Crippen LogP contribution is -2.34. The highest BCUT2D eigenvalue weighted by Gasteiger charge is 2.21. The number of nitrogens with one attached hydrogen (secondary N) is 1. The molecule has 1 N–H and O–H groups in total. The summed E-state index contributed by atoms with van der Waals surface area (Å²) < 4.78 is 15.0. The fourth-order valence-electron chi connectivity index (χ4n) is 4.01. The van der Waals surface area contributed by atoms with Gasteiger partial charge in [0.05, 0.1) is 35.2 Å². The number of aromatic amines is 1. The number of amides is 1. The second-order valence-electron chi connectivity index (χ2n) is 8.20. The van der Waals surface area contributed by atoms with E-state index in [1.54, 1.807) is 39.9 Å². The Morgan fingerprint density at radius 1 is 1.18 bits per heavy atom. The minimum Gasteiger partial charge on any atom is -0.335 e. The van der Waals surface area contributed by atoms with Crippen molar-refractivity contribution < 1.29 is 9.18 Å². The van der Waals surface area contributed by atoms with Gasteiger partial charge in [-0.25, -0.2) is 14.1 Å². The molecular weight excluding hydrogens is 457 g/mol. The third kappa shape index (κ3) is 4.87. The van der Waals surface area contributed by atoms with Crippen LogP contribution in [0, 0.1) is 19.7 Å². The zero-order valence-corrected chi connectivity index (χ0v) is 20.0. The average molecular weight is 482 g/mol. The van der Waals surface area contributed by atoms with Gasteiger partial charge in [0, 0.05) is 22.8 Å². The van der Waals surface area contributed by atoms with E-state index in [1.165, 1.54) is 12.1 Å². The third-order valence-corrected chi connectivity index (χ3v) is 5.98. The maximum atomic E-state index is 13.3. The molecule has 0 aliphatic rings. The van der Waals surface area contributed by atoms with Gasteiger partial charge in [-0.1, -0.05) is 18.5 Å². The first-order valence-electron chi connectivity index (χ1n) is 11.0. The van der Waals surface area contributed by atoms with Crippen molar-refractivity contribution >= 4 is 28.4 Å². The molecule has 0 radical (unpaired) electrons. The zero-order valence-electron chi connectivity index (χ0n) is 19.2. The molecule has 2 aromatic heterocycles. The van der Waals surface area contributed by atoms with Gasteiger partial charge in [-0.3, -0.25) is 9.59 Å². The fourth-order valence-corrected chi connectivity index (χ4v) is 4.17. The van der Waals surface area contributed by atoms with Crippen LogP contribution < -0.4 is 5.56 Å². The molecule has 0 atom stereocenters. The highest BCUT2D eigenvalue weighted by molar-refractivity contribution is 6.31. The molecule has 7 nitrogen and oxygen atoms in total. The molecule has 0 saturated carbocycles. The molecule has 176 valence electrons. The van der Waals surface area contributed by atoms with E-state index in [9.17, 15) is 14.0 Å². The summed E-state index contributed by atoms with van der Waals surface area (Å²) in [5.74, 6) is -0.0175. The Hall–Kier alpha value is -3.52. The lowest BCUT2D eigenvalue weighted by Gasteiger charge is -2.22. The molecule has 0 spiro atoms. The smallest absolute Gasteiger partial charge is 0.258 e. The van der Waals surface area contributed by atoms with Gasteiger partial charge in [0.15, 0.2) is 0 Å².